The number of aromatic nitrogens is 6. The number of aryl methyl sites for hydroxylation is 2. The van der Waals surface area contributed by atoms with Crippen molar-refractivity contribution < 1.29 is 31.2 Å². The van der Waals surface area contributed by atoms with Gasteiger partial charge in [-0.15, -0.1) is 11.8 Å². The molecular weight excluding hydrogens is 580 g/mol. The summed E-state index contributed by atoms with van der Waals surface area (Å²) in [4.78, 5) is 37.0. The molecule has 2 atom stereocenters. The molecule has 0 amide bonds. The van der Waals surface area contributed by atoms with E-state index in [1.54, 1.807) is 13.8 Å². The molecule has 214 valence electrons. The Balaban J connectivity index is 1.17. The lowest BCUT2D eigenvalue weighted by atomic mass is 10.1. The number of hydrogen-bond acceptors (Lipinski definition) is 16. The number of fused-ring (bicyclic) bond motifs is 22. The second kappa shape index (κ2) is 8.64. The third-order valence-electron chi connectivity index (χ3n) is 7.14. The molecule has 0 aliphatic carbocycles. The van der Waals surface area contributed by atoms with Crippen LogP contribution in [0, 0.1) is 13.8 Å². The molecule has 6 aromatic heterocycles. The minimum absolute atomic E-state index is 0.176. The zero-order valence-corrected chi connectivity index (χ0v) is 23.5. The SMILES string of the molecule is Cc1oc2nc1C1=NC(C)(CO1)c1nc(co1)-c1nc(co1)-c1nc(co1)-c1nc(co1)C1=NC(CS1)c1nc-2c(C)o1. The first kappa shape index (κ1) is 24.4. The number of hydrogen-bond donors (Lipinski definition) is 0. The highest BCUT2D eigenvalue weighted by Crippen LogP contribution is 2.38. The fourth-order valence-corrected chi connectivity index (χ4v) is 5.89. The Morgan fingerprint density at radius 3 is 2.14 bits per heavy atom. The van der Waals surface area contributed by atoms with Gasteiger partial charge in [0.1, 0.15) is 60.0 Å². The second-order valence-corrected chi connectivity index (χ2v) is 11.3. The van der Waals surface area contributed by atoms with Gasteiger partial charge < -0.3 is 31.2 Å². The molecule has 0 aromatic carbocycles. The van der Waals surface area contributed by atoms with Gasteiger partial charge in [0.2, 0.25) is 41.2 Å². The van der Waals surface area contributed by atoms with E-state index in [4.69, 9.17) is 46.2 Å². The van der Waals surface area contributed by atoms with Crippen LogP contribution in [0.2, 0.25) is 0 Å². The quantitative estimate of drug-likeness (QED) is 0.223. The monoisotopic (exact) mass is 598 g/mol. The van der Waals surface area contributed by atoms with Gasteiger partial charge in [0.05, 0.1) is 0 Å². The van der Waals surface area contributed by atoms with Gasteiger partial charge in [-0.3, -0.25) is 4.99 Å². The van der Waals surface area contributed by atoms with E-state index >= 15 is 0 Å². The molecule has 6 aromatic rings. The summed E-state index contributed by atoms with van der Waals surface area (Å²) >= 11 is 1.52. The van der Waals surface area contributed by atoms with Crippen LogP contribution in [0.25, 0.3) is 46.3 Å². The molecule has 0 fully saturated rings. The van der Waals surface area contributed by atoms with Crippen molar-refractivity contribution in [3.05, 3.63) is 59.7 Å². The van der Waals surface area contributed by atoms with Crippen molar-refractivity contribution in [2.75, 3.05) is 12.4 Å². The van der Waals surface area contributed by atoms with Crippen molar-refractivity contribution >= 4 is 22.7 Å². The molecule has 0 saturated heterocycles. The van der Waals surface area contributed by atoms with Gasteiger partial charge in [-0.25, -0.2) is 34.9 Å². The van der Waals surface area contributed by atoms with Crippen LogP contribution in [-0.2, 0) is 10.3 Å². The van der Waals surface area contributed by atoms with Crippen LogP contribution in [-0.4, -0.2) is 53.2 Å². The Kier molecular flexibility index (Phi) is 4.89. The van der Waals surface area contributed by atoms with E-state index in [0.29, 0.717) is 74.2 Å². The van der Waals surface area contributed by atoms with E-state index in [1.807, 2.05) is 6.92 Å². The normalized spacial score (nSPS) is 20.5. The maximum Gasteiger partial charge on any atom is 0.249 e. The van der Waals surface area contributed by atoms with Gasteiger partial charge in [0, 0.05) is 5.75 Å². The lowest BCUT2D eigenvalue weighted by molar-refractivity contribution is 0.237. The van der Waals surface area contributed by atoms with E-state index in [9.17, 15) is 0 Å². The van der Waals surface area contributed by atoms with Crippen molar-refractivity contribution in [1.29, 1.82) is 0 Å². The summed E-state index contributed by atoms with van der Waals surface area (Å²) in [7, 11) is 0. The molecule has 0 spiro atoms. The Labute approximate surface area is 244 Å². The van der Waals surface area contributed by atoms with Crippen LogP contribution in [0.4, 0.5) is 0 Å². The molecule has 0 saturated carbocycles. The smallest absolute Gasteiger partial charge is 0.249 e. The number of ether oxygens (including phenoxy) is 1. The van der Waals surface area contributed by atoms with E-state index < -0.39 is 5.54 Å². The predicted octanol–water partition coefficient (Wildman–Crippen LogP) is 5.14. The summed E-state index contributed by atoms with van der Waals surface area (Å²) in [6.07, 6.45) is 5.82. The minimum Gasteiger partial charge on any atom is -0.473 e. The van der Waals surface area contributed by atoms with Crippen molar-refractivity contribution in [2.45, 2.75) is 32.4 Å². The number of thioether (sulfide) groups is 1. The first-order chi connectivity index (χ1) is 20.9. The molecule has 16 heteroatoms. The summed E-state index contributed by atoms with van der Waals surface area (Å²) in [5.74, 6) is 3.74. The minimum atomic E-state index is -0.929. The van der Waals surface area contributed by atoms with Crippen LogP contribution in [0.3, 0.4) is 0 Å². The molecule has 0 N–H and O–H groups in total. The largest absolute Gasteiger partial charge is 0.473 e. The van der Waals surface area contributed by atoms with Crippen LogP contribution in [0.1, 0.15) is 47.7 Å². The molecule has 43 heavy (non-hydrogen) atoms. The molecule has 3 aliphatic heterocycles. The average molecular weight is 599 g/mol. The van der Waals surface area contributed by atoms with Gasteiger partial charge in [-0.05, 0) is 20.8 Å². The Hall–Kier alpha value is -5.25. The summed E-state index contributed by atoms with van der Waals surface area (Å²) in [5, 5.41) is 0.692. The van der Waals surface area contributed by atoms with Crippen LogP contribution < -0.4 is 0 Å². The van der Waals surface area contributed by atoms with Gasteiger partial charge in [-0.2, -0.15) is 0 Å². The van der Waals surface area contributed by atoms with Crippen LogP contribution in [0.15, 0.2) is 61.5 Å². The molecule has 15 nitrogen and oxygen atoms in total. The first-order valence-electron chi connectivity index (χ1n) is 13.1. The third-order valence-corrected chi connectivity index (χ3v) is 8.21. The number of rotatable bonds is 0. The lowest BCUT2D eigenvalue weighted by Gasteiger charge is -2.12. The van der Waals surface area contributed by atoms with E-state index in [1.165, 1.54) is 36.8 Å². The van der Waals surface area contributed by atoms with Gasteiger partial charge in [0.25, 0.3) is 0 Å². The third kappa shape index (κ3) is 3.75. The molecule has 3 aliphatic rings. The molecule has 0 radical (unpaired) electrons. The fraction of sp³-hybridized carbons (Fsp3) is 0.259. The van der Waals surface area contributed by atoms with E-state index in [2.05, 4.69) is 24.9 Å². The maximum atomic E-state index is 6.02. The number of aliphatic imine (C=N–C) groups is 2. The topological polar surface area (TPSA) is 190 Å². The van der Waals surface area contributed by atoms with Gasteiger partial charge >= 0.3 is 0 Å². The maximum absolute atomic E-state index is 6.02. The fourth-order valence-electron chi connectivity index (χ4n) is 4.91. The molecule has 9 heterocycles. The van der Waals surface area contributed by atoms with E-state index in [-0.39, 0.29) is 36.2 Å². The highest BCUT2D eigenvalue weighted by Gasteiger charge is 2.41. The molecule has 16 bridgehead atoms. The predicted molar refractivity (Wildman–Crippen MR) is 146 cm³/mol. The van der Waals surface area contributed by atoms with Crippen molar-refractivity contribution in [3.63, 3.8) is 0 Å². The molecule has 9 rings (SSSR count). The zero-order valence-electron chi connectivity index (χ0n) is 22.6. The van der Waals surface area contributed by atoms with Crippen molar-refractivity contribution in [1.82, 2.24) is 29.9 Å². The highest BCUT2D eigenvalue weighted by atomic mass is 32.2. The number of oxazole rings is 6. The summed E-state index contributed by atoms with van der Waals surface area (Å²) in [6, 6.07) is -0.331. The van der Waals surface area contributed by atoms with Crippen molar-refractivity contribution in [3.8, 4) is 46.3 Å². The van der Waals surface area contributed by atoms with E-state index in [0.717, 1.165) is 0 Å². The lowest BCUT2D eigenvalue weighted by Crippen LogP contribution is -2.21. The Morgan fingerprint density at radius 1 is 0.721 bits per heavy atom. The highest BCUT2D eigenvalue weighted by molar-refractivity contribution is 8.14. The van der Waals surface area contributed by atoms with Crippen LogP contribution in [0.5, 0.6) is 0 Å². The zero-order chi connectivity index (χ0) is 28.9. The summed E-state index contributed by atoms with van der Waals surface area (Å²) < 4.78 is 40.8. The Bertz CT molecular complexity index is 2130. The Morgan fingerprint density at radius 2 is 1.37 bits per heavy atom. The van der Waals surface area contributed by atoms with Gasteiger partial charge in [-0.1, -0.05) is 0 Å². The molecule has 2 unspecified atom stereocenters. The van der Waals surface area contributed by atoms with Gasteiger partial charge in [0.15, 0.2) is 34.0 Å². The van der Waals surface area contributed by atoms with Crippen LogP contribution >= 0.6 is 11.8 Å². The number of nitrogens with zero attached hydrogens (tertiary/aromatic N) is 8. The first-order valence-corrected chi connectivity index (χ1v) is 14.1. The summed E-state index contributed by atoms with van der Waals surface area (Å²) in [6.45, 7) is 5.61. The standard InChI is InChI=1S/C27H18N8O7S/c1-10-17-23-34-18(11(2)42-23)24-35-27(3,9-40-24)26-32-14(6-39-26)21-29-12(4-37-21)19-28-13(5-36-19)20-30-15(7-38-20)25-31-16(8-43-25)22(33-17)41-10/h4-7,16H,8-9H2,1-3H3. The summed E-state index contributed by atoms with van der Waals surface area (Å²) in [5.41, 5.74) is 1.68. The average Bonchev–Trinajstić information content (AvgIpc) is 3.84. The second-order valence-electron chi connectivity index (χ2n) is 10.3. The van der Waals surface area contributed by atoms with Crippen molar-refractivity contribution in [2.24, 2.45) is 9.98 Å². The molecular formula is C27H18N8O7S.